The Bertz CT molecular complexity index is 828. The molecule has 2 heteroatoms. The molecule has 1 aliphatic rings. The van der Waals surface area contributed by atoms with Gasteiger partial charge in [0.05, 0.1) is 5.56 Å². The first kappa shape index (κ1) is 20.1. The number of rotatable bonds is 7. The number of benzene rings is 2. The SMILES string of the molecule is CCC=C(OC(=O)c1ccccc1)c1ccc(C2=CCC(CCC)CC2)cc1. The highest BCUT2D eigenvalue weighted by molar-refractivity contribution is 5.93. The first-order chi connectivity index (χ1) is 13.7. The predicted octanol–water partition coefficient (Wildman–Crippen LogP) is 7.28. The number of hydrogen-bond acceptors (Lipinski definition) is 2. The zero-order chi connectivity index (χ0) is 19.8. The van der Waals surface area contributed by atoms with Gasteiger partial charge in [0, 0.05) is 5.56 Å². The van der Waals surface area contributed by atoms with Crippen LogP contribution >= 0.6 is 0 Å². The molecule has 0 N–H and O–H groups in total. The number of carbonyl (C=O) groups excluding carboxylic acids is 1. The lowest BCUT2D eigenvalue weighted by molar-refractivity contribution is 0.0691. The summed E-state index contributed by atoms with van der Waals surface area (Å²) in [5, 5.41) is 0. The summed E-state index contributed by atoms with van der Waals surface area (Å²) in [6.45, 7) is 4.31. The average Bonchev–Trinajstić information content (AvgIpc) is 2.75. The minimum Gasteiger partial charge on any atom is -0.423 e. The highest BCUT2D eigenvalue weighted by Gasteiger charge is 2.16. The molecule has 0 fully saturated rings. The summed E-state index contributed by atoms with van der Waals surface area (Å²) in [6, 6.07) is 17.6. The molecule has 2 aromatic rings. The van der Waals surface area contributed by atoms with E-state index in [-0.39, 0.29) is 5.97 Å². The lowest BCUT2D eigenvalue weighted by Crippen LogP contribution is -2.06. The maximum absolute atomic E-state index is 12.4. The number of hydrogen-bond donors (Lipinski definition) is 0. The number of carbonyl (C=O) groups is 1. The molecule has 146 valence electrons. The molecule has 0 saturated carbocycles. The summed E-state index contributed by atoms with van der Waals surface area (Å²) in [7, 11) is 0. The molecule has 1 atom stereocenters. The molecule has 0 saturated heterocycles. The first-order valence-corrected chi connectivity index (χ1v) is 10.5. The lowest BCUT2D eigenvalue weighted by Gasteiger charge is -2.21. The normalized spacial score (nSPS) is 17.1. The van der Waals surface area contributed by atoms with Gasteiger partial charge in [0.2, 0.25) is 0 Å². The Labute approximate surface area is 168 Å². The van der Waals surface area contributed by atoms with E-state index in [9.17, 15) is 4.79 Å². The monoisotopic (exact) mass is 374 g/mol. The van der Waals surface area contributed by atoms with Crippen molar-refractivity contribution in [2.75, 3.05) is 0 Å². The summed E-state index contributed by atoms with van der Waals surface area (Å²) in [6.07, 6.45) is 11.4. The fraction of sp³-hybridized carbons (Fsp3) is 0.346. The van der Waals surface area contributed by atoms with Gasteiger partial charge in [-0.05, 0) is 60.9 Å². The third-order valence-corrected chi connectivity index (χ3v) is 5.36. The minimum atomic E-state index is -0.318. The molecule has 0 aliphatic heterocycles. The van der Waals surface area contributed by atoms with Crippen molar-refractivity contribution in [1.82, 2.24) is 0 Å². The molecule has 1 unspecified atom stereocenters. The van der Waals surface area contributed by atoms with Crippen LogP contribution < -0.4 is 0 Å². The highest BCUT2D eigenvalue weighted by Crippen LogP contribution is 2.33. The summed E-state index contributed by atoms with van der Waals surface area (Å²) < 4.78 is 5.70. The zero-order valence-corrected chi connectivity index (χ0v) is 17.0. The second-order valence-corrected chi connectivity index (χ2v) is 7.47. The van der Waals surface area contributed by atoms with E-state index in [4.69, 9.17) is 4.74 Å². The molecule has 0 bridgehead atoms. The van der Waals surface area contributed by atoms with Gasteiger partial charge in [-0.25, -0.2) is 4.79 Å². The number of ether oxygens (including phenoxy) is 1. The van der Waals surface area contributed by atoms with Crippen LogP contribution in [0.2, 0.25) is 0 Å². The van der Waals surface area contributed by atoms with Gasteiger partial charge in [-0.1, -0.05) is 75.2 Å². The smallest absolute Gasteiger partial charge is 0.343 e. The molecule has 0 heterocycles. The molecular formula is C26H30O2. The quantitative estimate of drug-likeness (QED) is 0.376. The van der Waals surface area contributed by atoms with Crippen molar-refractivity contribution in [1.29, 1.82) is 0 Å². The van der Waals surface area contributed by atoms with Crippen molar-refractivity contribution in [3.05, 3.63) is 83.4 Å². The van der Waals surface area contributed by atoms with Crippen molar-refractivity contribution < 1.29 is 9.53 Å². The zero-order valence-electron chi connectivity index (χ0n) is 17.0. The molecular weight excluding hydrogens is 344 g/mol. The van der Waals surface area contributed by atoms with Gasteiger partial charge in [-0.2, -0.15) is 0 Å². The fourth-order valence-electron chi connectivity index (χ4n) is 3.81. The largest absolute Gasteiger partial charge is 0.423 e. The lowest BCUT2D eigenvalue weighted by atomic mass is 9.84. The molecule has 1 aliphatic carbocycles. The van der Waals surface area contributed by atoms with Crippen LogP contribution in [0.3, 0.4) is 0 Å². The Morgan fingerprint density at radius 1 is 1.04 bits per heavy atom. The van der Waals surface area contributed by atoms with Gasteiger partial charge < -0.3 is 4.74 Å². The molecule has 2 nitrogen and oxygen atoms in total. The summed E-state index contributed by atoms with van der Waals surface area (Å²) in [5.41, 5.74) is 4.23. The van der Waals surface area contributed by atoms with Crippen LogP contribution in [0.1, 0.15) is 73.9 Å². The van der Waals surface area contributed by atoms with Gasteiger partial charge in [0.25, 0.3) is 0 Å². The van der Waals surface area contributed by atoms with Crippen LogP contribution in [0.25, 0.3) is 11.3 Å². The van der Waals surface area contributed by atoms with E-state index in [1.165, 1.54) is 36.8 Å². The average molecular weight is 375 g/mol. The van der Waals surface area contributed by atoms with Gasteiger partial charge in [0.15, 0.2) is 0 Å². The van der Waals surface area contributed by atoms with E-state index in [2.05, 4.69) is 37.3 Å². The third kappa shape index (κ3) is 5.22. The van der Waals surface area contributed by atoms with Crippen LogP contribution in [0.5, 0.6) is 0 Å². The molecule has 0 aromatic heterocycles. The van der Waals surface area contributed by atoms with Gasteiger partial charge >= 0.3 is 5.97 Å². The van der Waals surface area contributed by atoms with Crippen LogP contribution in [0.15, 0.2) is 66.7 Å². The fourth-order valence-corrected chi connectivity index (χ4v) is 3.81. The molecule has 0 radical (unpaired) electrons. The predicted molar refractivity (Wildman–Crippen MR) is 117 cm³/mol. The minimum absolute atomic E-state index is 0.318. The molecule has 0 amide bonds. The molecule has 2 aromatic carbocycles. The molecule has 0 spiro atoms. The van der Waals surface area contributed by atoms with Gasteiger partial charge in [-0.3, -0.25) is 0 Å². The first-order valence-electron chi connectivity index (χ1n) is 10.5. The van der Waals surface area contributed by atoms with E-state index in [0.29, 0.717) is 11.3 Å². The van der Waals surface area contributed by atoms with Crippen LogP contribution in [-0.4, -0.2) is 5.97 Å². The van der Waals surface area contributed by atoms with Crippen LogP contribution in [-0.2, 0) is 4.74 Å². The van der Waals surface area contributed by atoms with E-state index in [1.54, 1.807) is 12.1 Å². The van der Waals surface area contributed by atoms with E-state index < -0.39 is 0 Å². The number of allylic oxidation sites excluding steroid dienone is 3. The van der Waals surface area contributed by atoms with E-state index in [0.717, 1.165) is 24.3 Å². The van der Waals surface area contributed by atoms with Crippen molar-refractivity contribution in [2.45, 2.75) is 52.4 Å². The van der Waals surface area contributed by atoms with Crippen molar-refractivity contribution in [3.8, 4) is 0 Å². The van der Waals surface area contributed by atoms with E-state index in [1.807, 2.05) is 31.2 Å². The summed E-state index contributed by atoms with van der Waals surface area (Å²) >= 11 is 0. The molecule has 3 rings (SSSR count). The van der Waals surface area contributed by atoms with Crippen molar-refractivity contribution >= 4 is 17.3 Å². The Hall–Kier alpha value is -2.61. The Balaban J connectivity index is 1.71. The van der Waals surface area contributed by atoms with Crippen LogP contribution in [0, 0.1) is 5.92 Å². The highest BCUT2D eigenvalue weighted by atomic mass is 16.5. The standard InChI is InChI=1S/C26H30O2/c1-3-8-20-12-14-21(15-13-20)22-16-18-23(19-17-22)25(9-4-2)28-26(27)24-10-6-5-7-11-24/h5-7,9-11,14,16-20H,3-4,8,12-13,15H2,1-2H3. The second-order valence-electron chi connectivity index (χ2n) is 7.47. The van der Waals surface area contributed by atoms with E-state index >= 15 is 0 Å². The maximum atomic E-state index is 12.4. The Morgan fingerprint density at radius 2 is 1.79 bits per heavy atom. The summed E-state index contributed by atoms with van der Waals surface area (Å²) in [4.78, 5) is 12.4. The topological polar surface area (TPSA) is 26.3 Å². The second kappa shape index (κ2) is 10.1. The third-order valence-electron chi connectivity index (χ3n) is 5.36. The van der Waals surface area contributed by atoms with Crippen LogP contribution in [0.4, 0.5) is 0 Å². The maximum Gasteiger partial charge on any atom is 0.343 e. The summed E-state index contributed by atoms with van der Waals surface area (Å²) in [5.74, 6) is 1.16. The van der Waals surface area contributed by atoms with Crippen molar-refractivity contribution in [2.24, 2.45) is 5.92 Å². The Morgan fingerprint density at radius 3 is 2.39 bits per heavy atom. The van der Waals surface area contributed by atoms with Crippen molar-refractivity contribution in [3.63, 3.8) is 0 Å². The Kier molecular flexibility index (Phi) is 7.25. The van der Waals surface area contributed by atoms with Gasteiger partial charge in [0.1, 0.15) is 5.76 Å². The molecule has 28 heavy (non-hydrogen) atoms. The number of esters is 1. The van der Waals surface area contributed by atoms with Gasteiger partial charge in [-0.15, -0.1) is 0 Å².